The molecule has 0 radical (unpaired) electrons. The summed E-state index contributed by atoms with van der Waals surface area (Å²) in [5.74, 6) is -0.806. The Morgan fingerprint density at radius 1 is 1.53 bits per heavy atom. The highest BCUT2D eigenvalue weighted by molar-refractivity contribution is 5.93. The van der Waals surface area contributed by atoms with Crippen molar-refractivity contribution in [3.63, 3.8) is 0 Å². The Hall–Kier alpha value is -2.24. The monoisotopic (exact) mass is 264 g/mol. The van der Waals surface area contributed by atoms with Gasteiger partial charge >= 0.3 is 5.97 Å². The van der Waals surface area contributed by atoms with Gasteiger partial charge in [-0.25, -0.2) is 4.79 Å². The Morgan fingerprint density at radius 3 is 3.00 bits per heavy atom. The number of nitrogens with one attached hydrogen (secondary N) is 1. The molecule has 1 heterocycles. The highest BCUT2D eigenvalue weighted by Crippen LogP contribution is 2.27. The molecular formula is C13H16N2O4. The summed E-state index contributed by atoms with van der Waals surface area (Å²) < 4.78 is 5.53. The van der Waals surface area contributed by atoms with E-state index in [0.717, 1.165) is 6.42 Å². The van der Waals surface area contributed by atoms with Gasteiger partial charge in [-0.05, 0) is 18.6 Å². The van der Waals surface area contributed by atoms with E-state index in [4.69, 9.17) is 15.6 Å². The highest BCUT2D eigenvalue weighted by Gasteiger charge is 2.21. The standard InChI is InChI=1S/C13H16N2O4/c14-10-3-1-2-9(13(17)18)12(10)19-7-8-4-5-15-11(16)6-8/h1-3,8H,4-7,14H2,(H,15,16)(H,17,18). The van der Waals surface area contributed by atoms with E-state index < -0.39 is 5.97 Å². The number of anilines is 1. The number of carboxylic acids is 1. The summed E-state index contributed by atoms with van der Waals surface area (Å²) in [6.07, 6.45) is 1.22. The molecule has 0 bridgehead atoms. The maximum atomic E-state index is 11.2. The number of hydrogen-bond acceptors (Lipinski definition) is 4. The van der Waals surface area contributed by atoms with Crippen LogP contribution in [0.15, 0.2) is 18.2 Å². The Labute approximate surface area is 110 Å². The Morgan fingerprint density at radius 2 is 2.32 bits per heavy atom. The molecule has 1 aromatic carbocycles. The van der Waals surface area contributed by atoms with Crippen LogP contribution in [-0.2, 0) is 4.79 Å². The number of benzene rings is 1. The molecule has 0 aromatic heterocycles. The zero-order valence-corrected chi connectivity index (χ0v) is 10.4. The van der Waals surface area contributed by atoms with E-state index in [9.17, 15) is 9.59 Å². The van der Waals surface area contributed by atoms with Crippen molar-refractivity contribution in [2.24, 2.45) is 5.92 Å². The highest BCUT2D eigenvalue weighted by atomic mass is 16.5. The Balaban J connectivity index is 2.06. The maximum Gasteiger partial charge on any atom is 0.339 e. The predicted octanol–water partition coefficient (Wildman–Crippen LogP) is 0.872. The molecule has 1 saturated heterocycles. The number of carboxylic acid groups (broad SMARTS) is 1. The lowest BCUT2D eigenvalue weighted by Crippen LogP contribution is -2.35. The lowest BCUT2D eigenvalue weighted by Gasteiger charge is -2.22. The number of carbonyl (C=O) groups is 2. The molecular weight excluding hydrogens is 248 g/mol. The van der Waals surface area contributed by atoms with Crippen LogP contribution in [0.2, 0.25) is 0 Å². The van der Waals surface area contributed by atoms with Crippen LogP contribution in [-0.4, -0.2) is 30.1 Å². The minimum Gasteiger partial charge on any atom is -0.490 e. The molecule has 1 amide bonds. The summed E-state index contributed by atoms with van der Waals surface area (Å²) in [6.45, 7) is 0.921. The van der Waals surface area contributed by atoms with Crippen LogP contribution in [0.4, 0.5) is 5.69 Å². The summed E-state index contributed by atoms with van der Waals surface area (Å²) in [5, 5.41) is 11.8. The number of ether oxygens (including phenoxy) is 1. The Kier molecular flexibility index (Phi) is 3.89. The van der Waals surface area contributed by atoms with Crippen LogP contribution in [0.5, 0.6) is 5.75 Å². The number of nitrogens with two attached hydrogens (primary N) is 1. The smallest absolute Gasteiger partial charge is 0.339 e. The normalized spacial score (nSPS) is 18.7. The Bertz CT molecular complexity index is 501. The van der Waals surface area contributed by atoms with Gasteiger partial charge in [0.25, 0.3) is 0 Å². The molecule has 1 aliphatic heterocycles. The van der Waals surface area contributed by atoms with Gasteiger partial charge in [0.2, 0.25) is 5.91 Å². The zero-order valence-electron chi connectivity index (χ0n) is 10.4. The largest absolute Gasteiger partial charge is 0.490 e. The summed E-state index contributed by atoms with van der Waals surface area (Å²) >= 11 is 0. The summed E-state index contributed by atoms with van der Waals surface area (Å²) in [5.41, 5.74) is 6.07. The predicted molar refractivity (Wildman–Crippen MR) is 69.0 cm³/mol. The summed E-state index contributed by atoms with van der Waals surface area (Å²) in [4.78, 5) is 22.3. The molecule has 1 atom stereocenters. The number of rotatable bonds is 4. The van der Waals surface area contributed by atoms with Crippen molar-refractivity contribution >= 4 is 17.6 Å². The average Bonchev–Trinajstić information content (AvgIpc) is 2.37. The number of para-hydroxylation sites is 1. The van der Waals surface area contributed by atoms with Crippen LogP contribution < -0.4 is 15.8 Å². The van der Waals surface area contributed by atoms with Crippen LogP contribution >= 0.6 is 0 Å². The number of carbonyl (C=O) groups excluding carboxylic acids is 1. The minimum absolute atomic E-state index is 0.000610. The molecule has 19 heavy (non-hydrogen) atoms. The summed E-state index contributed by atoms with van der Waals surface area (Å²) in [6, 6.07) is 4.61. The van der Waals surface area contributed by atoms with Crippen LogP contribution in [0.1, 0.15) is 23.2 Å². The van der Waals surface area contributed by atoms with Gasteiger partial charge in [0.1, 0.15) is 5.56 Å². The molecule has 1 unspecified atom stereocenters. The molecule has 6 nitrogen and oxygen atoms in total. The molecule has 102 valence electrons. The van der Waals surface area contributed by atoms with Crippen LogP contribution in [0, 0.1) is 5.92 Å². The van der Waals surface area contributed by atoms with Crippen molar-refractivity contribution in [1.29, 1.82) is 0 Å². The number of aromatic carboxylic acids is 1. The molecule has 1 aromatic rings. The van der Waals surface area contributed by atoms with Gasteiger partial charge in [0.15, 0.2) is 5.75 Å². The fraction of sp³-hybridized carbons (Fsp3) is 0.385. The van der Waals surface area contributed by atoms with Crippen molar-refractivity contribution in [2.75, 3.05) is 18.9 Å². The van der Waals surface area contributed by atoms with Gasteiger partial charge < -0.3 is 20.9 Å². The minimum atomic E-state index is -1.08. The first-order valence-electron chi connectivity index (χ1n) is 6.09. The third kappa shape index (κ3) is 3.15. The fourth-order valence-corrected chi connectivity index (χ4v) is 2.08. The topological polar surface area (TPSA) is 102 Å². The van der Waals surface area contributed by atoms with Gasteiger partial charge in [-0.1, -0.05) is 6.07 Å². The van der Waals surface area contributed by atoms with Gasteiger partial charge in [0.05, 0.1) is 12.3 Å². The second kappa shape index (κ2) is 5.60. The third-order valence-corrected chi connectivity index (χ3v) is 3.09. The summed E-state index contributed by atoms with van der Waals surface area (Å²) in [7, 11) is 0. The first-order valence-corrected chi connectivity index (χ1v) is 6.09. The van der Waals surface area contributed by atoms with Gasteiger partial charge in [-0.3, -0.25) is 4.79 Å². The second-order valence-electron chi connectivity index (χ2n) is 4.55. The fourth-order valence-electron chi connectivity index (χ4n) is 2.08. The van der Waals surface area contributed by atoms with E-state index in [1.807, 2.05) is 0 Å². The van der Waals surface area contributed by atoms with E-state index in [1.165, 1.54) is 6.07 Å². The number of nitrogen functional groups attached to an aromatic ring is 1. The first-order chi connectivity index (χ1) is 9.08. The number of amides is 1. The van der Waals surface area contributed by atoms with Crippen LogP contribution in [0.3, 0.4) is 0 Å². The van der Waals surface area contributed by atoms with Crippen molar-refractivity contribution in [3.8, 4) is 5.75 Å². The SMILES string of the molecule is Nc1cccc(C(=O)O)c1OCC1CCNC(=O)C1. The maximum absolute atomic E-state index is 11.2. The number of hydrogen-bond donors (Lipinski definition) is 3. The van der Waals surface area contributed by atoms with Gasteiger partial charge in [-0.15, -0.1) is 0 Å². The van der Waals surface area contributed by atoms with E-state index in [0.29, 0.717) is 25.3 Å². The third-order valence-electron chi connectivity index (χ3n) is 3.09. The second-order valence-corrected chi connectivity index (χ2v) is 4.55. The average molecular weight is 264 g/mol. The molecule has 0 saturated carbocycles. The molecule has 4 N–H and O–H groups in total. The van der Waals surface area contributed by atoms with Crippen molar-refractivity contribution in [3.05, 3.63) is 23.8 Å². The first kappa shape index (κ1) is 13.2. The van der Waals surface area contributed by atoms with Gasteiger partial charge in [0, 0.05) is 18.9 Å². The molecule has 0 aliphatic carbocycles. The molecule has 1 fully saturated rings. The quantitative estimate of drug-likeness (QED) is 0.700. The van der Waals surface area contributed by atoms with Crippen molar-refractivity contribution < 1.29 is 19.4 Å². The molecule has 2 rings (SSSR count). The lowest BCUT2D eigenvalue weighted by molar-refractivity contribution is -0.123. The molecule has 0 spiro atoms. The van der Waals surface area contributed by atoms with E-state index >= 15 is 0 Å². The van der Waals surface area contributed by atoms with E-state index in [2.05, 4.69) is 5.32 Å². The zero-order chi connectivity index (χ0) is 13.8. The van der Waals surface area contributed by atoms with E-state index in [1.54, 1.807) is 12.1 Å². The van der Waals surface area contributed by atoms with Crippen LogP contribution in [0.25, 0.3) is 0 Å². The van der Waals surface area contributed by atoms with Gasteiger partial charge in [-0.2, -0.15) is 0 Å². The van der Waals surface area contributed by atoms with Crippen molar-refractivity contribution in [2.45, 2.75) is 12.8 Å². The van der Waals surface area contributed by atoms with E-state index in [-0.39, 0.29) is 23.1 Å². The lowest BCUT2D eigenvalue weighted by atomic mass is 9.99. The molecule has 1 aliphatic rings. The number of piperidine rings is 1. The van der Waals surface area contributed by atoms with Crippen molar-refractivity contribution in [1.82, 2.24) is 5.32 Å². The molecule has 6 heteroatoms.